The summed E-state index contributed by atoms with van der Waals surface area (Å²) in [7, 11) is 0. The third kappa shape index (κ3) is 2.43. The summed E-state index contributed by atoms with van der Waals surface area (Å²) in [5.74, 6) is 1.28. The van der Waals surface area contributed by atoms with Gasteiger partial charge in [-0.3, -0.25) is 4.90 Å². The quantitative estimate of drug-likeness (QED) is 0.321. The van der Waals surface area contributed by atoms with Gasteiger partial charge in [0, 0.05) is 19.0 Å². The molecule has 0 bridgehead atoms. The SMILES string of the molecule is NC(CCN1CCCC2CCCC21)=NO. The summed E-state index contributed by atoms with van der Waals surface area (Å²) in [4.78, 5) is 2.54. The van der Waals surface area contributed by atoms with Crippen molar-refractivity contribution in [3.63, 3.8) is 0 Å². The first-order valence-corrected chi connectivity index (χ1v) is 6.01. The minimum atomic E-state index is 0.357. The van der Waals surface area contributed by atoms with Crippen LogP contribution in [-0.2, 0) is 0 Å². The van der Waals surface area contributed by atoms with Crippen LogP contribution in [0.4, 0.5) is 0 Å². The van der Waals surface area contributed by atoms with Crippen molar-refractivity contribution in [3.05, 3.63) is 0 Å². The Bertz CT molecular complexity index is 242. The lowest BCUT2D eigenvalue weighted by atomic mass is 9.92. The Balaban J connectivity index is 1.85. The standard InChI is InChI=1S/C11H21N3O/c12-11(13-15)6-8-14-7-2-4-9-3-1-5-10(9)14/h9-10,15H,1-8H2,(H2,12,13). The fourth-order valence-electron chi connectivity index (χ4n) is 3.14. The van der Waals surface area contributed by atoms with Gasteiger partial charge in [-0.2, -0.15) is 0 Å². The van der Waals surface area contributed by atoms with Gasteiger partial charge in [0.05, 0.1) is 0 Å². The van der Waals surface area contributed by atoms with Gasteiger partial charge in [-0.15, -0.1) is 0 Å². The van der Waals surface area contributed by atoms with Crippen LogP contribution in [0.15, 0.2) is 5.16 Å². The van der Waals surface area contributed by atoms with Crippen LogP contribution in [-0.4, -0.2) is 35.1 Å². The molecular weight excluding hydrogens is 190 g/mol. The van der Waals surface area contributed by atoms with Gasteiger partial charge in [-0.05, 0) is 38.1 Å². The summed E-state index contributed by atoms with van der Waals surface area (Å²) in [6.45, 7) is 2.15. The number of fused-ring (bicyclic) bond motifs is 1. The maximum Gasteiger partial charge on any atom is 0.140 e. The lowest BCUT2D eigenvalue weighted by molar-refractivity contribution is 0.116. The fourth-order valence-corrected chi connectivity index (χ4v) is 3.14. The second-order valence-electron chi connectivity index (χ2n) is 4.78. The number of piperidine rings is 1. The van der Waals surface area contributed by atoms with Gasteiger partial charge in [0.25, 0.3) is 0 Å². The van der Waals surface area contributed by atoms with Gasteiger partial charge in [0.15, 0.2) is 0 Å². The minimum Gasteiger partial charge on any atom is -0.409 e. The first-order chi connectivity index (χ1) is 7.31. The number of nitrogens with zero attached hydrogens (tertiary/aromatic N) is 2. The van der Waals surface area contributed by atoms with E-state index in [-0.39, 0.29) is 0 Å². The Morgan fingerprint density at radius 1 is 1.33 bits per heavy atom. The predicted molar refractivity (Wildman–Crippen MR) is 60.0 cm³/mol. The monoisotopic (exact) mass is 211 g/mol. The second-order valence-corrected chi connectivity index (χ2v) is 4.78. The molecule has 2 aliphatic rings. The molecule has 1 heterocycles. The van der Waals surface area contributed by atoms with Gasteiger partial charge in [0.2, 0.25) is 0 Å². The van der Waals surface area contributed by atoms with E-state index in [1.165, 1.54) is 38.6 Å². The third-order valence-electron chi connectivity index (χ3n) is 3.89. The van der Waals surface area contributed by atoms with Crippen LogP contribution in [0.3, 0.4) is 0 Å². The normalized spacial score (nSPS) is 32.9. The largest absolute Gasteiger partial charge is 0.409 e. The summed E-state index contributed by atoms with van der Waals surface area (Å²) < 4.78 is 0. The molecule has 0 amide bonds. The predicted octanol–water partition coefficient (Wildman–Crippen LogP) is 1.39. The van der Waals surface area contributed by atoms with Crippen LogP contribution in [0.5, 0.6) is 0 Å². The van der Waals surface area contributed by atoms with Crippen molar-refractivity contribution in [1.82, 2.24) is 4.90 Å². The van der Waals surface area contributed by atoms with E-state index < -0.39 is 0 Å². The van der Waals surface area contributed by atoms with Crippen molar-refractivity contribution in [2.45, 2.75) is 44.6 Å². The average Bonchev–Trinajstić information content (AvgIpc) is 2.74. The zero-order chi connectivity index (χ0) is 10.7. The number of oxime groups is 1. The lowest BCUT2D eigenvalue weighted by Gasteiger charge is -2.37. The highest BCUT2D eigenvalue weighted by Crippen LogP contribution is 2.36. The van der Waals surface area contributed by atoms with Crippen LogP contribution >= 0.6 is 0 Å². The maximum absolute atomic E-state index is 8.50. The lowest BCUT2D eigenvalue weighted by Crippen LogP contribution is -2.43. The van der Waals surface area contributed by atoms with Crippen molar-refractivity contribution >= 4 is 5.84 Å². The van der Waals surface area contributed by atoms with E-state index in [2.05, 4.69) is 10.1 Å². The van der Waals surface area contributed by atoms with Crippen LogP contribution in [0.25, 0.3) is 0 Å². The van der Waals surface area contributed by atoms with Crippen molar-refractivity contribution in [3.8, 4) is 0 Å². The first kappa shape index (κ1) is 10.7. The Morgan fingerprint density at radius 2 is 2.13 bits per heavy atom. The van der Waals surface area contributed by atoms with Gasteiger partial charge < -0.3 is 10.9 Å². The molecule has 1 saturated heterocycles. The Hall–Kier alpha value is -0.770. The number of hydrogen-bond acceptors (Lipinski definition) is 3. The molecule has 1 aliphatic heterocycles. The highest BCUT2D eigenvalue weighted by molar-refractivity contribution is 5.79. The molecule has 0 radical (unpaired) electrons. The minimum absolute atomic E-state index is 0.357. The summed E-state index contributed by atoms with van der Waals surface area (Å²) >= 11 is 0. The molecule has 2 unspecified atom stereocenters. The molecule has 2 fully saturated rings. The molecule has 4 heteroatoms. The van der Waals surface area contributed by atoms with E-state index in [0.29, 0.717) is 12.3 Å². The molecule has 1 aliphatic carbocycles. The molecule has 2 atom stereocenters. The van der Waals surface area contributed by atoms with E-state index in [0.717, 1.165) is 18.5 Å². The summed E-state index contributed by atoms with van der Waals surface area (Å²) in [6.07, 6.45) is 7.56. The Morgan fingerprint density at radius 3 is 2.93 bits per heavy atom. The van der Waals surface area contributed by atoms with Gasteiger partial charge in [-0.25, -0.2) is 0 Å². The average molecular weight is 211 g/mol. The molecule has 1 saturated carbocycles. The summed E-state index contributed by atoms with van der Waals surface area (Å²) in [5.41, 5.74) is 5.50. The summed E-state index contributed by atoms with van der Waals surface area (Å²) in [6, 6.07) is 0.783. The number of hydrogen-bond donors (Lipinski definition) is 2. The van der Waals surface area contributed by atoms with Crippen molar-refractivity contribution in [1.29, 1.82) is 0 Å². The molecule has 2 rings (SSSR count). The topological polar surface area (TPSA) is 61.8 Å². The van der Waals surface area contributed by atoms with Crippen molar-refractivity contribution in [2.75, 3.05) is 13.1 Å². The number of nitrogens with two attached hydrogens (primary N) is 1. The van der Waals surface area contributed by atoms with E-state index in [4.69, 9.17) is 10.9 Å². The highest BCUT2D eigenvalue weighted by Gasteiger charge is 2.34. The molecular formula is C11H21N3O. The van der Waals surface area contributed by atoms with Gasteiger partial charge in [-0.1, -0.05) is 11.6 Å². The van der Waals surface area contributed by atoms with Gasteiger partial charge >= 0.3 is 0 Å². The van der Waals surface area contributed by atoms with E-state index in [1.54, 1.807) is 0 Å². The maximum atomic E-state index is 8.50. The van der Waals surface area contributed by atoms with Crippen molar-refractivity contribution in [2.24, 2.45) is 16.8 Å². The zero-order valence-corrected chi connectivity index (χ0v) is 9.23. The Labute approximate surface area is 91.1 Å². The van der Waals surface area contributed by atoms with Crippen molar-refractivity contribution < 1.29 is 5.21 Å². The molecule has 0 aromatic heterocycles. The van der Waals surface area contributed by atoms with E-state index >= 15 is 0 Å². The number of rotatable bonds is 3. The highest BCUT2D eigenvalue weighted by atomic mass is 16.4. The summed E-state index contributed by atoms with van der Waals surface area (Å²) in [5, 5.41) is 11.5. The second kappa shape index (κ2) is 4.84. The van der Waals surface area contributed by atoms with Crippen LogP contribution in [0, 0.1) is 5.92 Å². The molecule has 86 valence electrons. The molecule has 0 spiro atoms. The van der Waals surface area contributed by atoms with Crippen LogP contribution < -0.4 is 5.73 Å². The number of amidine groups is 1. The molecule has 0 aromatic carbocycles. The molecule has 15 heavy (non-hydrogen) atoms. The first-order valence-electron chi connectivity index (χ1n) is 6.01. The molecule has 4 nitrogen and oxygen atoms in total. The molecule has 0 aromatic rings. The van der Waals surface area contributed by atoms with E-state index in [9.17, 15) is 0 Å². The zero-order valence-electron chi connectivity index (χ0n) is 9.23. The van der Waals surface area contributed by atoms with Gasteiger partial charge in [0.1, 0.15) is 5.84 Å². The van der Waals surface area contributed by atoms with Crippen LogP contribution in [0.2, 0.25) is 0 Å². The number of likely N-dealkylation sites (tertiary alicyclic amines) is 1. The van der Waals surface area contributed by atoms with E-state index in [1.807, 2.05) is 0 Å². The molecule has 3 N–H and O–H groups in total. The fraction of sp³-hybridized carbons (Fsp3) is 0.909. The third-order valence-corrected chi connectivity index (χ3v) is 3.89. The smallest absolute Gasteiger partial charge is 0.140 e. The van der Waals surface area contributed by atoms with Crippen LogP contribution in [0.1, 0.15) is 38.5 Å². The Kier molecular flexibility index (Phi) is 3.46.